The van der Waals surface area contributed by atoms with E-state index in [1.165, 1.54) is 0 Å². The van der Waals surface area contributed by atoms with Crippen molar-refractivity contribution in [1.82, 2.24) is 10.3 Å². The minimum Gasteiger partial charge on any atom is -0.312 e. The Hall–Kier alpha value is -1.46. The van der Waals surface area contributed by atoms with Crippen LogP contribution in [-0.4, -0.2) is 31.5 Å². The van der Waals surface area contributed by atoms with E-state index >= 15 is 0 Å². The molecule has 2 heterocycles. The topological polar surface area (TPSA) is 59.1 Å². The molecule has 1 fully saturated rings. The Balaban J connectivity index is 1.63. The molecular weight excluding hydrogens is 272 g/mol. The average molecular weight is 290 g/mol. The fourth-order valence-corrected chi connectivity index (χ4v) is 4.62. The molecule has 1 atom stereocenters. The van der Waals surface area contributed by atoms with E-state index < -0.39 is 9.84 Å². The summed E-state index contributed by atoms with van der Waals surface area (Å²) in [5, 5.41) is 4.50. The average Bonchev–Trinajstić information content (AvgIpc) is 2.79. The molecule has 0 aliphatic carbocycles. The second-order valence-electron chi connectivity index (χ2n) is 5.39. The lowest BCUT2D eigenvalue weighted by molar-refractivity contribution is 0.521. The van der Waals surface area contributed by atoms with Crippen molar-refractivity contribution in [3.63, 3.8) is 0 Å². The molecule has 5 heteroatoms. The van der Waals surface area contributed by atoms with Gasteiger partial charge in [0, 0.05) is 18.1 Å². The molecule has 0 unspecified atom stereocenters. The number of aromatic nitrogens is 1. The van der Waals surface area contributed by atoms with Crippen molar-refractivity contribution >= 4 is 20.7 Å². The van der Waals surface area contributed by atoms with Crippen LogP contribution >= 0.6 is 0 Å². The molecule has 3 rings (SSSR count). The number of sulfone groups is 1. The fraction of sp³-hybridized carbons (Fsp3) is 0.400. The van der Waals surface area contributed by atoms with E-state index in [2.05, 4.69) is 28.5 Å². The van der Waals surface area contributed by atoms with Gasteiger partial charge >= 0.3 is 0 Å². The second kappa shape index (κ2) is 5.50. The van der Waals surface area contributed by atoms with E-state index in [1.54, 1.807) is 6.20 Å². The summed E-state index contributed by atoms with van der Waals surface area (Å²) in [6.07, 6.45) is 2.58. The lowest BCUT2D eigenvalue weighted by atomic mass is 10.1. The molecule has 4 nitrogen and oxygen atoms in total. The molecule has 106 valence electrons. The van der Waals surface area contributed by atoms with Crippen LogP contribution in [0.1, 0.15) is 12.0 Å². The van der Waals surface area contributed by atoms with Crippen LogP contribution in [0.15, 0.2) is 36.5 Å². The second-order valence-corrected chi connectivity index (χ2v) is 7.62. The van der Waals surface area contributed by atoms with Gasteiger partial charge in [0.15, 0.2) is 9.84 Å². The summed E-state index contributed by atoms with van der Waals surface area (Å²) in [5.74, 6) is 0.922. The largest absolute Gasteiger partial charge is 0.312 e. The molecule has 1 aliphatic rings. The highest BCUT2D eigenvalue weighted by Gasteiger charge is 2.27. The first-order valence-corrected chi connectivity index (χ1v) is 8.70. The lowest BCUT2D eigenvalue weighted by Crippen LogP contribution is -2.23. The van der Waals surface area contributed by atoms with Gasteiger partial charge in [-0.1, -0.05) is 24.3 Å². The van der Waals surface area contributed by atoms with Gasteiger partial charge in [-0.3, -0.25) is 4.98 Å². The van der Waals surface area contributed by atoms with E-state index in [4.69, 9.17) is 0 Å². The molecule has 20 heavy (non-hydrogen) atoms. The van der Waals surface area contributed by atoms with Crippen LogP contribution in [-0.2, 0) is 16.4 Å². The molecule has 0 radical (unpaired) electrons. The predicted octanol–water partition coefficient (Wildman–Crippen LogP) is 1.76. The van der Waals surface area contributed by atoms with Gasteiger partial charge in [-0.05, 0) is 30.5 Å². The third-order valence-corrected chi connectivity index (χ3v) is 5.63. The van der Waals surface area contributed by atoms with Crippen LogP contribution in [0, 0.1) is 5.92 Å². The van der Waals surface area contributed by atoms with Crippen LogP contribution < -0.4 is 5.32 Å². The number of pyridine rings is 1. The molecule has 0 spiro atoms. The zero-order valence-electron chi connectivity index (χ0n) is 11.2. The molecule has 1 saturated heterocycles. The van der Waals surface area contributed by atoms with Crippen molar-refractivity contribution in [1.29, 1.82) is 0 Å². The smallest absolute Gasteiger partial charge is 0.150 e. The lowest BCUT2D eigenvalue weighted by Gasteiger charge is -2.10. The van der Waals surface area contributed by atoms with Crippen molar-refractivity contribution in [2.24, 2.45) is 5.92 Å². The van der Waals surface area contributed by atoms with Crippen molar-refractivity contribution in [2.75, 3.05) is 18.1 Å². The zero-order chi connectivity index (χ0) is 14.0. The summed E-state index contributed by atoms with van der Waals surface area (Å²) in [6, 6.07) is 10.1. The van der Waals surface area contributed by atoms with Crippen molar-refractivity contribution < 1.29 is 8.42 Å². The Kier molecular flexibility index (Phi) is 3.72. The highest BCUT2D eigenvalue weighted by atomic mass is 32.2. The molecular formula is C15H18N2O2S. The minimum atomic E-state index is -2.78. The molecule has 1 N–H and O–H groups in total. The van der Waals surface area contributed by atoms with Gasteiger partial charge in [-0.25, -0.2) is 8.42 Å². The van der Waals surface area contributed by atoms with E-state index in [0.29, 0.717) is 11.5 Å². The van der Waals surface area contributed by atoms with Gasteiger partial charge in [-0.2, -0.15) is 0 Å². The number of nitrogens with zero attached hydrogens (tertiary/aromatic N) is 1. The van der Waals surface area contributed by atoms with Gasteiger partial charge in [0.05, 0.1) is 17.0 Å². The maximum atomic E-state index is 11.4. The predicted molar refractivity (Wildman–Crippen MR) is 80.2 cm³/mol. The summed E-state index contributed by atoms with van der Waals surface area (Å²) in [5.41, 5.74) is 2.17. The molecule has 0 amide bonds. The number of rotatable bonds is 4. The van der Waals surface area contributed by atoms with E-state index in [-0.39, 0.29) is 5.92 Å². The van der Waals surface area contributed by atoms with E-state index in [1.807, 2.05) is 12.1 Å². The van der Waals surface area contributed by atoms with Gasteiger partial charge in [0.25, 0.3) is 0 Å². The third kappa shape index (κ3) is 2.99. The Morgan fingerprint density at radius 3 is 2.90 bits per heavy atom. The zero-order valence-corrected chi connectivity index (χ0v) is 12.1. The summed E-state index contributed by atoms with van der Waals surface area (Å²) >= 11 is 0. The molecule has 0 saturated carbocycles. The van der Waals surface area contributed by atoms with Crippen molar-refractivity contribution in [3.05, 3.63) is 42.1 Å². The maximum Gasteiger partial charge on any atom is 0.150 e. The van der Waals surface area contributed by atoms with Gasteiger partial charge < -0.3 is 5.32 Å². The van der Waals surface area contributed by atoms with E-state index in [9.17, 15) is 8.42 Å². The molecule has 0 bridgehead atoms. The number of nitrogens with one attached hydrogen (secondary N) is 1. The highest BCUT2D eigenvalue weighted by Crippen LogP contribution is 2.18. The Labute approximate surface area is 119 Å². The number of hydrogen-bond acceptors (Lipinski definition) is 4. The number of benzene rings is 1. The van der Waals surface area contributed by atoms with Crippen LogP contribution in [0.4, 0.5) is 0 Å². The highest BCUT2D eigenvalue weighted by molar-refractivity contribution is 7.91. The Morgan fingerprint density at radius 1 is 1.25 bits per heavy atom. The summed E-state index contributed by atoms with van der Waals surface area (Å²) in [7, 11) is -2.78. The van der Waals surface area contributed by atoms with Crippen molar-refractivity contribution in [2.45, 2.75) is 13.0 Å². The minimum absolute atomic E-state index is 0.253. The van der Waals surface area contributed by atoms with E-state index in [0.717, 1.165) is 36.0 Å². The first-order chi connectivity index (χ1) is 9.64. The third-order valence-electron chi connectivity index (χ3n) is 3.79. The summed E-state index contributed by atoms with van der Waals surface area (Å²) in [6.45, 7) is 1.48. The molecule has 1 aromatic heterocycles. The van der Waals surface area contributed by atoms with Crippen LogP contribution in [0.3, 0.4) is 0 Å². The van der Waals surface area contributed by atoms with Crippen LogP contribution in [0.2, 0.25) is 0 Å². The fourth-order valence-electron chi connectivity index (χ4n) is 2.75. The summed E-state index contributed by atoms with van der Waals surface area (Å²) < 4.78 is 22.8. The molecule has 1 aromatic carbocycles. The number of fused-ring (bicyclic) bond motifs is 1. The maximum absolute atomic E-state index is 11.4. The normalized spacial score (nSPS) is 21.3. The van der Waals surface area contributed by atoms with Gasteiger partial charge in [0.1, 0.15) is 0 Å². The monoisotopic (exact) mass is 290 g/mol. The van der Waals surface area contributed by atoms with Gasteiger partial charge in [0.2, 0.25) is 0 Å². The van der Waals surface area contributed by atoms with Crippen molar-refractivity contribution in [3.8, 4) is 0 Å². The molecule has 2 aromatic rings. The SMILES string of the molecule is O=S1(=O)CC[C@@H](CNCc2cccc3cccnc23)C1. The quantitative estimate of drug-likeness (QED) is 0.932. The number of para-hydroxylation sites is 1. The summed E-state index contributed by atoms with van der Waals surface area (Å²) in [4.78, 5) is 4.42. The van der Waals surface area contributed by atoms with Gasteiger partial charge in [-0.15, -0.1) is 0 Å². The number of hydrogen-bond donors (Lipinski definition) is 1. The molecule has 1 aliphatic heterocycles. The first-order valence-electron chi connectivity index (χ1n) is 6.88. The Morgan fingerprint density at radius 2 is 2.10 bits per heavy atom. The first kappa shape index (κ1) is 13.5. The van der Waals surface area contributed by atoms with Crippen LogP contribution in [0.25, 0.3) is 10.9 Å². The Bertz CT molecular complexity index is 707. The van der Waals surface area contributed by atoms with Crippen LogP contribution in [0.5, 0.6) is 0 Å². The standard InChI is InChI=1S/C15H18N2O2S/c18-20(19)8-6-12(11-20)9-16-10-14-4-1-3-13-5-2-7-17-15(13)14/h1-5,7,12,16H,6,8-11H2/t12-/m0/s1.